The van der Waals surface area contributed by atoms with Gasteiger partial charge in [-0.15, -0.1) is 0 Å². The van der Waals surface area contributed by atoms with Crippen molar-refractivity contribution >= 4 is 17.0 Å². The minimum Gasteiger partial charge on any atom is -0.489 e. The van der Waals surface area contributed by atoms with Crippen molar-refractivity contribution in [3.63, 3.8) is 0 Å². The standard InChI is InChI=1S/C20H18N2O3/c23-20(24)22-10-8-14-5-6-17(11-16(14)12-22)25-13-15-7-9-21-19-4-2-1-3-18(15)19/h1-7,9,11H,8,10,12-13H2,(H,23,24). The number of pyridine rings is 1. The molecule has 4 rings (SSSR count). The van der Waals surface area contributed by atoms with Crippen molar-refractivity contribution in [2.24, 2.45) is 0 Å². The van der Waals surface area contributed by atoms with Crippen LogP contribution < -0.4 is 4.74 Å². The lowest BCUT2D eigenvalue weighted by Crippen LogP contribution is -2.34. The van der Waals surface area contributed by atoms with Crippen LogP contribution in [0.1, 0.15) is 16.7 Å². The number of amides is 1. The summed E-state index contributed by atoms with van der Waals surface area (Å²) >= 11 is 0. The smallest absolute Gasteiger partial charge is 0.407 e. The molecule has 126 valence electrons. The fraction of sp³-hybridized carbons (Fsp3) is 0.200. The number of benzene rings is 2. The molecule has 0 aliphatic carbocycles. The molecule has 0 bridgehead atoms. The van der Waals surface area contributed by atoms with E-state index in [1.165, 1.54) is 10.5 Å². The fourth-order valence-electron chi connectivity index (χ4n) is 3.23. The van der Waals surface area contributed by atoms with Gasteiger partial charge in [0.2, 0.25) is 0 Å². The van der Waals surface area contributed by atoms with Gasteiger partial charge in [0, 0.05) is 30.2 Å². The first-order valence-electron chi connectivity index (χ1n) is 8.26. The number of carboxylic acid groups (broad SMARTS) is 1. The van der Waals surface area contributed by atoms with Crippen molar-refractivity contribution in [1.82, 2.24) is 9.88 Å². The summed E-state index contributed by atoms with van der Waals surface area (Å²) < 4.78 is 5.97. The predicted octanol–water partition coefficient (Wildman–Crippen LogP) is 3.85. The van der Waals surface area contributed by atoms with E-state index < -0.39 is 6.09 Å². The number of hydrogen-bond acceptors (Lipinski definition) is 3. The highest BCUT2D eigenvalue weighted by molar-refractivity contribution is 5.81. The Labute approximate surface area is 145 Å². The summed E-state index contributed by atoms with van der Waals surface area (Å²) in [6.45, 7) is 1.41. The van der Waals surface area contributed by atoms with E-state index in [0.717, 1.165) is 34.2 Å². The molecule has 1 amide bonds. The molecule has 5 nitrogen and oxygen atoms in total. The van der Waals surface area contributed by atoms with Gasteiger partial charge in [-0.05, 0) is 41.8 Å². The Balaban J connectivity index is 1.54. The van der Waals surface area contributed by atoms with E-state index in [-0.39, 0.29) is 0 Å². The van der Waals surface area contributed by atoms with E-state index in [1.54, 1.807) is 6.20 Å². The van der Waals surface area contributed by atoms with Gasteiger partial charge in [-0.1, -0.05) is 24.3 Å². The van der Waals surface area contributed by atoms with Gasteiger partial charge in [0.25, 0.3) is 0 Å². The van der Waals surface area contributed by atoms with Gasteiger partial charge in [-0.3, -0.25) is 4.98 Å². The molecule has 5 heteroatoms. The van der Waals surface area contributed by atoms with Crippen LogP contribution in [0.4, 0.5) is 4.79 Å². The van der Waals surface area contributed by atoms with Crippen LogP contribution in [0.3, 0.4) is 0 Å². The van der Waals surface area contributed by atoms with Crippen LogP contribution in [0.2, 0.25) is 0 Å². The summed E-state index contributed by atoms with van der Waals surface area (Å²) in [6.07, 6.45) is 1.66. The van der Waals surface area contributed by atoms with Crippen molar-refractivity contribution in [2.45, 2.75) is 19.6 Å². The maximum atomic E-state index is 11.2. The van der Waals surface area contributed by atoms with Crippen LogP contribution in [-0.4, -0.2) is 27.6 Å². The Morgan fingerprint density at radius 3 is 2.92 bits per heavy atom. The van der Waals surface area contributed by atoms with E-state index in [2.05, 4.69) is 4.98 Å². The molecule has 0 saturated carbocycles. The second kappa shape index (κ2) is 6.43. The van der Waals surface area contributed by atoms with Gasteiger partial charge < -0.3 is 14.7 Å². The normalized spacial score (nSPS) is 13.5. The summed E-state index contributed by atoms with van der Waals surface area (Å²) in [5, 5.41) is 10.3. The van der Waals surface area contributed by atoms with Gasteiger partial charge in [0.1, 0.15) is 12.4 Å². The average molecular weight is 334 g/mol. The first-order valence-corrected chi connectivity index (χ1v) is 8.26. The molecule has 0 radical (unpaired) electrons. The molecule has 0 fully saturated rings. The Bertz CT molecular complexity index is 934. The summed E-state index contributed by atoms with van der Waals surface area (Å²) in [7, 11) is 0. The molecule has 25 heavy (non-hydrogen) atoms. The molecule has 1 aliphatic heterocycles. The fourth-order valence-corrected chi connectivity index (χ4v) is 3.23. The third-order valence-corrected chi connectivity index (χ3v) is 4.59. The van der Waals surface area contributed by atoms with E-state index in [4.69, 9.17) is 4.74 Å². The van der Waals surface area contributed by atoms with E-state index >= 15 is 0 Å². The van der Waals surface area contributed by atoms with Crippen molar-refractivity contribution < 1.29 is 14.6 Å². The zero-order valence-electron chi connectivity index (χ0n) is 13.7. The van der Waals surface area contributed by atoms with Gasteiger partial charge in [-0.25, -0.2) is 4.79 Å². The number of nitrogens with zero attached hydrogens (tertiary/aromatic N) is 2. The molecule has 2 aromatic carbocycles. The van der Waals surface area contributed by atoms with Crippen molar-refractivity contribution in [3.05, 3.63) is 71.4 Å². The number of ether oxygens (including phenoxy) is 1. The van der Waals surface area contributed by atoms with Crippen LogP contribution in [0.15, 0.2) is 54.7 Å². The lowest BCUT2D eigenvalue weighted by atomic mass is 10.00. The maximum absolute atomic E-state index is 11.2. The monoisotopic (exact) mass is 334 g/mol. The number of rotatable bonds is 3. The number of hydrogen-bond donors (Lipinski definition) is 1. The van der Waals surface area contributed by atoms with Gasteiger partial charge >= 0.3 is 6.09 Å². The van der Waals surface area contributed by atoms with E-state index in [1.807, 2.05) is 48.5 Å². The van der Waals surface area contributed by atoms with Crippen LogP contribution in [0.25, 0.3) is 10.9 Å². The number of aromatic nitrogens is 1. The Hall–Kier alpha value is -3.08. The minimum absolute atomic E-state index is 0.417. The molecule has 0 unspecified atom stereocenters. The second-order valence-corrected chi connectivity index (χ2v) is 6.16. The molecular formula is C20H18N2O3. The van der Waals surface area contributed by atoms with Gasteiger partial charge in [-0.2, -0.15) is 0 Å². The number of para-hydroxylation sites is 1. The van der Waals surface area contributed by atoms with Crippen LogP contribution in [-0.2, 0) is 19.6 Å². The average Bonchev–Trinajstić information content (AvgIpc) is 2.65. The highest BCUT2D eigenvalue weighted by atomic mass is 16.5. The summed E-state index contributed by atoms with van der Waals surface area (Å²) in [5.74, 6) is 0.756. The second-order valence-electron chi connectivity index (χ2n) is 6.16. The third-order valence-electron chi connectivity index (χ3n) is 4.59. The topological polar surface area (TPSA) is 62.7 Å². The Kier molecular flexibility index (Phi) is 3.98. The quantitative estimate of drug-likeness (QED) is 0.790. The largest absolute Gasteiger partial charge is 0.489 e. The lowest BCUT2D eigenvalue weighted by Gasteiger charge is -2.26. The maximum Gasteiger partial charge on any atom is 0.407 e. The van der Waals surface area contributed by atoms with Gasteiger partial charge in [0.05, 0.1) is 5.52 Å². The SMILES string of the molecule is O=C(O)N1CCc2ccc(OCc3ccnc4ccccc34)cc2C1. The summed E-state index contributed by atoms with van der Waals surface area (Å²) in [4.78, 5) is 17.0. The molecule has 3 aromatic rings. The Morgan fingerprint density at radius 1 is 1.16 bits per heavy atom. The first-order chi connectivity index (χ1) is 12.2. The van der Waals surface area contributed by atoms with Gasteiger partial charge in [0.15, 0.2) is 0 Å². The molecule has 0 atom stereocenters. The molecule has 2 heterocycles. The molecule has 1 aromatic heterocycles. The zero-order valence-corrected chi connectivity index (χ0v) is 13.7. The van der Waals surface area contributed by atoms with Crippen molar-refractivity contribution in [1.29, 1.82) is 0 Å². The van der Waals surface area contributed by atoms with E-state index in [0.29, 0.717) is 19.7 Å². The number of carbonyl (C=O) groups is 1. The molecule has 0 spiro atoms. The third kappa shape index (κ3) is 3.13. The highest BCUT2D eigenvalue weighted by Crippen LogP contribution is 2.25. The van der Waals surface area contributed by atoms with Crippen LogP contribution in [0.5, 0.6) is 5.75 Å². The predicted molar refractivity (Wildman–Crippen MR) is 94.7 cm³/mol. The molecule has 1 N–H and O–H groups in total. The van der Waals surface area contributed by atoms with Crippen LogP contribution >= 0.6 is 0 Å². The molecule has 0 saturated heterocycles. The first kappa shape index (κ1) is 15.4. The Morgan fingerprint density at radius 2 is 2.04 bits per heavy atom. The molecule has 1 aliphatic rings. The lowest BCUT2D eigenvalue weighted by molar-refractivity contribution is 0.140. The summed E-state index contributed by atoms with van der Waals surface area (Å²) in [6, 6.07) is 15.9. The highest BCUT2D eigenvalue weighted by Gasteiger charge is 2.20. The molecular weight excluding hydrogens is 316 g/mol. The summed E-state index contributed by atoms with van der Waals surface area (Å²) in [5.41, 5.74) is 4.24. The van der Waals surface area contributed by atoms with E-state index in [9.17, 15) is 9.90 Å². The van der Waals surface area contributed by atoms with Crippen molar-refractivity contribution in [3.8, 4) is 5.75 Å². The number of fused-ring (bicyclic) bond motifs is 2. The van der Waals surface area contributed by atoms with Crippen LogP contribution in [0, 0.1) is 0 Å². The zero-order chi connectivity index (χ0) is 17.2. The minimum atomic E-state index is -0.875. The van der Waals surface area contributed by atoms with Crippen molar-refractivity contribution in [2.75, 3.05) is 6.54 Å².